The topological polar surface area (TPSA) is 127 Å². The van der Waals surface area contributed by atoms with Crippen LogP contribution in [0, 0.1) is 0 Å². The summed E-state index contributed by atoms with van der Waals surface area (Å²) in [5.41, 5.74) is -0.0629. The van der Waals surface area contributed by atoms with Crippen molar-refractivity contribution in [2.45, 2.75) is 24.6 Å². The first-order valence-electron chi connectivity index (χ1n) is 9.65. The Balaban J connectivity index is 2.47. The fourth-order valence-corrected chi connectivity index (χ4v) is 3.67. The molecule has 8 nitrogen and oxygen atoms in total. The summed E-state index contributed by atoms with van der Waals surface area (Å²) in [5.74, 6) is -3.36. The number of carboxylic acid groups (broad SMARTS) is 1. The van der Waals surface area contributed by atoms with Gasteiger partial charge in [0.1, 0.15) is 16.5 Å². The number of hydrogen-bond acceptors (Lipinski definition) is 6. The Morgan fingerprint density at radius 3 is 2.40 bits per heavy atom. The first-order chi connectivity index (χ1) is 16.1. The predicted octanol–water partition coefficient (Wildman–Crippen LogP) is 4.09. The van der Waals surface area contributed by atoms with Gasteiger partial charge < -0.3 is 25.3 Å². The van der Waals surface area contributed by atoms with Crippen LogP contribution in [0.2, 0.25) is 10.0 Å². The van der Waals surface area contributed by atoms with Crippen LogP contribution < -0.4 is 16.0 Å². The van der Waals surface area contributed by atoms with Gasteiger partial charge in [0, 0.05) is 37.0 Å². The number of alkyl halides is 3. The van der Waals surface area contributed by atoms with Crippen LogP contribution in [-0.4, -0.2) is 33.1 Å². The third-order valence-electron chi connectivity index (χ3n) is 5.09. The number of aliphatic carboxylic acids is 1. The molecule has 0 bridgehead atoms. The van der Waals surface area contributed by atoms with E-state index in [0.29, 0.717) is 0 Å². The fraction of sp³-hybridized carbons (Fsp3) is 0.227. The minimum atomic E-state index is -5.15. The Labute approximate surface area is 207 Å². The highest BCUT2D eigenvalue weighted by atomic mass is 35.5. The van der Waals surface area contributed by atoms with E-state index < -0.39 is 40.5 Å². The van der Waals surface area contributed by atoms with Crippen LogP contribution in [0.1, 0.15) is 24.0 Å². The highest BCUT2D eigenvalue weighted by Gasteiger charge is 2.59. The van der Waals surface area contributed by atoms with Gasteiger partial charge in [0.05, 0.1) is 11.2 Å². The Hall–Kier alpha value is -3.28. The number of carboxylic acids is 1. The van der Waals surface area contributed by atoms with Crippen LogP contribution in [0.15, 0.2) is 64.5 Å². The molecular weight excluding hydrogens is 514 g/mol. The summed E-state index contributed by atoms with van der Waals surface area (Å²) in [7, 11) is 1.25. The summed E-state index contributed by atoms with van der Waals surface area (Å²) < 4.78 is 48.7. The molecule has 0 fully saturated rings. The number of halogens is 5. The molecule has 2 rings (SSSR count). The van der Waals surface area contributed by atoms with Gasteiger partial charge >= 0.3 is 12.1 Å². The van der Waals surface area contributed by atoms with Crippen LogP contribution >= 0.6 is 23.2 Å². The maximum atomic E-state index is 14.2. The molecule has 0 radical (unpaired) electrons. The van der Waals surface area contributed by atoms with E-state index >= 15 is 0 Å². The molecular formula is C22H20Cl2F3N3O5. The Morgan fingerprint density at radius 1 is 1.26 bits per heavy atom. The number of aryl methyl sites for hydroxylation is 1. The lowest BCUT2D eigenvalue weighted by atomic mass is 9.78. The molecule has 1 aromatic carbocycles. The summed E-state index contributed by atoms with van der Waals surface area (Å²) in [6.45, 7) is 4.63. The van der Waals surface area contributed by atoms with Gasteiger partial charge in [0.15, 0.2) is 11.3 Å². The quantitative estimate of drug-likeness (QED) is 0.266. The number of carbonyl (C=O) groups is 1. The van der Waals surface area contributed by atoms with E-state index in [4.69, 9.17) is 38.8 Å². The molecule has 0 saturated carbocycles. The van der Waals surface area contributed by atoms with Crippen LogP contribution in [0.3, 0.4) is 0 Å². The molecule has 35 heavy (non-hydrogen) atoms. The van der Waals surface area contributed by atoms with E-state index in [0.717, 1.165) is 42.2 Å². The number of aliphatic hydroxyl groups is 1. The average molecular weight is 534 g/mol. The summed E-state index contributed by atoms with van der Waals surface area (Å²) in [4.78, 5) is 26.1. The Kier molecular flexibility index (Phi) is 8.43. The van der Waals surface area contributed by atoms with E-state index in [2.05, 4.69) is 11.6 Å². The second kappa shape index (κ2) is 10.5. The number of nitrogens with zero attached hydrogens (tertiary/aromatic N) is 2. The fourth-order valence-electron chi connectivity index (χ4n) is 3.14. The van der Waals surface area contributed by atoms with E-state index in [9.17, 15) is 27.9 Å². The SMILES string of the molecule is C=C(C=N/C(=C\N)C(=O)O)Oc1ccc([C@@H](C)[C@@](O)(c2ccc(=O)n(C)c2)C(F)(F)F)c(Cl)c1Cl. The lowest BCUT2D eigenvalue weighted by Crippen LogP contribution is -2.47. The van der Waals surface area contributed by atoms with Crippen molar-refractivity contribution < 1.29 is 32.9 Å². The molecule has 0 spiro atoms. The molecule has 0 amide bonds. The number of aromatic nitrogens is 1. The third-order valence-corrected chi connectivity index (χ3v) is 5.97. The number of nitrogens with two attached hydrogens (primary N) is 1. The second-order valence-corrected chi connectivity index (χ2v) is 8.07. The van der Waals surface area contributed by atoms with E-state index in [1.54, 1.807) is 0 Å². The number of ether oxygens (including phenoxy) is 1. The number of rotatable bonds is 8. The highest BCUT2D eigenvalue weighted by Crippen LogP contribution is 2.51. The average Bonchev–Trinajstić information content (AvgIpc) is 2.77. The molecule has 13 heteroatoms. The van der Waals surface area contributed by atoms with Crippen molar-refractivity contribution in [3.8, 4) is 5.75 Å². The van der Waals surface area contributed by atoms with Crippen molar-refractivity contribution in [1.82, 2.24) is 4.57 Å². The van der Waals surface area contributed by atoms with Crippen molar-refractivity contribution in [1.29, 1.82) is 0 Å². The van der Waals surface area contributed by atoms with Gasteiger partial charge in [0.2, 0.25) is 5.56 Å². The number of allylic oxidation sites excluding steroid dienone is 1. The van der Waals surface area contributed by atoms with Crippen LogP contribution in [-0.2, 0) is 17.4 Å². The predicted molar refractivity (Wildman–Crippen MR) is 125 cm³/mol. The lowest BCUT2D eigenvalue weighted by Gasteiger charge is -2.37. The molecule has 188 valence electrons. The molecule has 0 unspecified atom stereocenters. The van der Waals surface area contributed by atoms with Crippen LogP contribution in [0.5, 0.6) is 5.75 Å². The van der Waals surface area contributed by atoms with Gasteiger partial charge in [0.25, 0.3) is 0 Å². The number of hydrogen-bond donors (Lipinski definition) is 3. The number of pyridine rings is 1. The minimum absolute atomic E-state index is 0.115. The number of aliphatic imine (C=N–C) groups is 1. The van der Waals surface area contributed by atoms with Crippen molar-refractivity contribution >= 4 is 35.4 Å². The van der Waals surface area contributed by atoms with Gasteiger partial charge in [-0.3, -0.25) is 4.79 Å². The first-order valence-corrected chi connectivity index (χ1v) is 10.4. The minimum Gasteiger partial charge on any atom is -0.476 e. The van der Waals surface area contributed by atoms with Gasteiger partial charge in [-0.15, -0.1) is 0 Å². The van der Waals surface area contributed by atoms with Gasteiger partial charge in [-0.25, -0.2) is 9.79 Å². The summed E-state index contributed by atoms with van der Waals surface area (Å²) in [6, 6.07) is 4.18. The first kappa shape index (κ1) is 28.0. The standard InChI is InChI=1S/C22H20Cl2F3N3O5/c1-11(9-29-15(8-28)20(32)33)35-16-6-5-14(18(23)19(16)24)12(2)21(34,22(25,26)27)13-4-7-17(31)30(3)10-13/h4-10,12,34H,1,28H2,2-3H3,(H,32,33)/b15-8-,29-9?/t12-,21-/m1/s1. The zero-order valence-corrected chi connectivity index (χ0v) is 19.8. The molecule has 4 N–H and O–H groups in total. The Bertz CT molecular complexity index is 1270. The molecule has 1 aromatic heterocycles. The van der Waals surface area contributed by atoms with Crippen molar-refractivity contribution in [3.63, 3.8) is 0 Å². The van der Waals surface area contributed by atoms with Crippen molar-refractivity contribution in [2.75, 3.05) is 0 Å². The monoisotopic (exact) mass is 533 g/mol. The number of benzene rings is 1. The molecule has 1 heterocycles. The lowest BCUT2D eigenvalue weighted by molar-refractivity contribution is -0.274. The molecule has 0 aliphatic carbocycles. The summed E-state index contributed by atoms with van der Waals surface area (Å²) >= 11 is 12.5. The van der Waals surface area contributed by atoms with E-state index in [1.165, 1.54) is 19.2 Å². The van der Waals surface area contributed by atoms with Crippen LogP contribution in [0.4, 0.5) is 13.2 Å². The largest absolute Gasteiger partial charge is 0.476 e. The summed E-state index contributed by atoms with van der Waals surface area (Å²) in [6.07, 6.45) is -2.57. The molecule has 0 aliphatic rings. The zero-order chi connectivity index (χ0) is 26.7. The van der Waals surface area contributed by atoms with Crippen molar-refractivity contribution in [3.05, 3.63) is 86.2 Å². The molecule has 0 saturated heterocycles. The normalized spacial score (nSPS) is 15.0. The molecule has 2 atom stereocenters. The van der Waals surface area contributed by atoms with Crippen LogP contribution in [0.25, 0.3) is 0 Å². The molecule has 0 aliphatic heterocycles. The maximum absolute atomic E-state index is 14.2. The van der Waals surface area contributed by atoms with E-state index in [1.807, 2.05) is 0 Å². The zero-order valence-electron chi connectivity index (χ0n) is 18.3. The van der Waals surface area contributed by atoms with Gasteiger partial charge in [-0.2, -0.15) is 13.2 Å². The second-order valence-electron chi connectivity index (χ2n) is 7.32. The summed E-state index contributed by atoms with van der Waals surface area (Å²) in [5, 5.41) is 19.2. The van der Waals surface area contributed by atoms with E-state index in [-0.39, 0.29) is 27.1 Å². The van der Waals surface area contributed by atoms with Gasteiger partial charge in [-0.1, -0.05) is 42.8 Å². The maximum Gasteiger partial charge on any atom is 0.422 e. The van der Waals surface area contributed by atoms with Gasteiger partial charge in [-0.05, 0) is 17.7 Å². The van der Waals surface area contributed by atoms with Crippen molar-refractivity contribution in [2.24, 2.45) is 17.8 Å². The molecule has 2 aromatic rings. The smallest absolute Gasteiger partial charge is 0.422 e. The Morgan fingerprint density at radius 2 is 1.89 bits per heavy atom. The third kappa shape index (κ3) is 5.69. The highest BCUT2D eigenvalue weighted by molar-refractivity contribution is 6.43.